The second-order valence-corrected chi connectivity index (χ2v) is 4.82. The molecule has 4 nitrogen and oxygen atoms in total. The van der Waals surface area contributed by atoms with Gasteiger partial charge in [0.25, 0.3) is 0 Å². The lowest BCUT2D eigenvalue weighted by Crippen LogP contribution is -2.27. The smallest absolute Gasteiger partial charge is 0.422 e. The van der Waals surface area contributed by atoms with Crippen molar-refractivity contribution in [1.29, 1.82) is 0 Å². The maximum absolute atomic E-state index is 12.1. The summed E-state index contributed by atoms with van der Waals surface area (Å²) in [6, 6.07) is 13.9. The van der Waals surface area contributed by atoms with Gasteiger partial charge in [-0.1, -0.05) is 30.3 Å². The predicted molar refractivity (Wildman–Crippen MR) is 80.0 cm³/mol. The van der Waals surface area contributed by atoms with Crippen LogP contribution >= 0.6 is 0 Å². The Morgan fingerprint density at radius 1 is 1.09 bits per heavy atom. The fraction of sp³-hybridized carbons (Fsp3) is 0.188. The first kappa shape index (κ1) is 16.7. The lowest BCUT2D eigenvalue weighted by Gasteiger charge is -2.17. The standard InChI is InChI=1S/C16H15F3N2O2/c17-16(18,19)10-23-13-8-6-12(7-9-13)21-14(15(20)22)11-4-2-1-3-5-11/h1-9,14,21H,10H2,(H2,20,22)/t14-/m0/s1. The number of hydrogen-bond donors (Lipinski definition) is 2. The highest BCUT2D eigenvalue weighted by Crippen LogP contribution is 2.23. The van der Waals surface area contributed by atoms with Crippen LogP contribution in [-0.2, 0) is 4.79 Å². The van der Waals surface area contributed by atoms with E-state index < -0.39 is 24.7 Å². The van der Waals surface area contributed by atoms with Crippen molar-refractivity contribution in [3.05, 3.63) is 60.2 Å². The van der Waals surface area contributed by atoms with Crippen molar-refractivity contribution in [3.63, 3.8) is 0 Å². The van der Waals surface area contributed by atoms with E-state index in [-0.39, 0.29) is 5.75 Å². The van der Waals surface area contributed by atoms with Gasteiger partial charge in [-0.05, 0) is 29.8 Å². The number of ether oxygens (including phenoxy) is 1. The van der Waals surface area contributed by atoms with E-state index in [0.29, 0.717) is 11.3 Å². The molecule has 1 atom stereocenters. The van der Waals surface area contributed by atoms with E-state index in [1.54, 1.807) is 24.3 Å². The molecular formula is C16H15F3N2O2. The first-order valence-electron chi connectivity index (χ1n) is 6.75. The van der Waals surface area contributed by atoms with Crippen LogP contribution in [-0.4, -0.2) is 18.7 Å². The maximum atomic E-state index is 12.1. The highest BCUT2D eigenvalue weighted by atomic mass is 19.4. The molecule has 0 fully saturated rings. The van der Waals surface area contributed by atoms with Gasteiger partial charge in [0.2, 0.25) is 5.91 Å². The third kappa shape index (κ3) is 5.21. The zero-order valence-electron chi connectivity index (χ0n) is 12.0. The SMILES string of the molecule is NC(=O)[C@@H](Nc1ccc(OCC(F)(F)F)cc1)c1ccccc1. The molecule has 0 saturated carbocycles. The minimum absolute atomic E-state index is 0.0863. The highest BCUT2D eigenvalue weighted by Gasteiger charge is 2.28. The van der Waals surface area contributed by atoms with Crippen LogP contribution in [0.5, 0.6) is 5.75 Å². The zero-order valence-corrected chi connectivity index (χ0v) is 12.0. The molecule has 0 aliphatic heterocycles. The number of anilines is 1. The lowest BCUT2D eigenvalue weighted by molar-refractivity contribution is -0.153. The molecule has 23 heavy (non-hydrogen) atoms. The van der Waals surface area contributed by atoms with Crippen molar-refractivity contribution >= 4 is 11.6 Å². The zero-order chi connectivity index (χ0) is 16.9. The van der Waals surface area contributed by atoms with E-state index in [9.17, 15) is 18.0 Å². The summed E-state index contributed by atoms with van der Waals surface area (Å²) in [6.45, 7) is -1.35. The highest BCUT2D eigenvalue weighted by molar-refractivity contribution is 5.84. The Morgan fingerprint density at radius 3 is 2.22 bits per heavy atom. The van der Waals surface area contributed by atoms with E-state index in [2.05, 4.69) is 10.1 Å². The first-order valence-corrected chi connectivity index (χ1v) is 6.75. The maximum Gasteiger partial charge on any atom is 0.422 e. The van der Waals surface area contributed by atoms with Gasteiger partial charge in [0, 0.05) is 5.69 Å². The number of carbonyl (C=O) groups is 1. The molecule has 2 rings (SSSR count). The number of primary amides is 1. The van der Waals surface area contributed by atoms with Gasteiger partial charge in [-0.25, -0.2) is 0 Å². The molecule has 0 spiro atoms. The van der Waals surface area contributed by atoms with Gasteiger partial charge in [0.15, 0.2) is 6.61 Å². The molecule has 0 unspecified atom stereocenters. The largest absolute Gasteiger partial charge is 0.484 e. The average molecular weight is 324 g/mol. The van der Waals surface area contributed by atoms with Gasteiger partial charge in [-0.15, -0.1) is 0 Å². The molecule has 122 valence electrons. The Labute approximate surface area is 131 Å². The number of halogens is 3. The molecule has 2 aromatic rings. The van der Waals surface area contributed by atoms with Crippen LogP contribution in [0.3, 0.4) is 0 Å². The van der Waals surface area contributed by atoms with Crippen LogP contribution in [0.4, 0.5) is 18.9 Å². The van der Waals surface area contributed by atoms with Gasteiger partial charge >= 0.3 is 6.18 Å². The summed E-state index contributed by atoms with van der Waals surface area (Å²) in [4.78, 5) is 11.6. The van der Waals surface area contributed by atoms with Crippen molar-refractivity contribution in [1.82, 2.24) is 0 Å². The van der Waals surface area contributed by atoms with E-state index in [4.69, 9.17) is 5.73 Å². The monoisotopic (exact) mass is 324 g/mol. The summed E-state index contributed by atoms with van der Waals surface area (Å²) in [5, 5.41) is 2.94. The van der Waals surface area contributed by atoms with E-state index in [1.165, 1.54) is 24.3 Å². The molecular weight excluding hydrogens is 309 g/mol. The van der Waals surface area contributed by atoms with Crippen LogP contribution in [0, 0.1) is 0 Å². The van der Waals surface area contributed by atoms with Crippen LogP contribution in [0.25, 0.3) is 0 Å². The van der Waals surface area contributed by atoms with Crippen molar-refractivity contribution in [2.45, 2.75) is 12.2 Å². The molecule has 0 aliphatic carbocycles. The Bertz CT molecular complexity index is 643. The number of amides is 1. The van der Waals surface area contributed by atoms with Gasteiger partial charge < -0.3 is 15.8 Å². The number of rotatable bonds is 6. The minimum atomic E-state index is -4.39. The fourth-order valence-corrected chi connectivity index (χ4v) is 1.94. The normalized spacial score (nSPS) is 12.5. The van der Waals surface area contributed by atoms with Crippen molar-refractivity contribution in [3.8, 4) is 5.75 Å². The molecule has 1 amide bonds. The van der Waals surface area contributed by atoms with E-state index in [0.717, 1.165) is 0 Å². The topological polar surface area (TPSA) is 64.4 Å². The third-order valence-electron chi connectivity index (χ3n) is 2.99. The van der Waals surface area contributed by atoms with Crippen molar-refractivity contribution < 1.29 is 22.7 Å². The van der Waals surface area contributed by atoms with Gasteiger partial charge in [0.1, 0.15) is 11.8 Å². The van der Waals surface area contributed by atoms with Crippen molar-refractivity contribution in [2.24, 2.45) is 5.73 Å². The van der Waals surface area contributed by atoms with Crippen molar-refractivity contribution in [2.75, 3.05) is 11.9 Å². The Hall–Kier alpha value is -2.70. The molecule has 0 aliphatic rings. The molecule has 7 heteroatoms. The average Bonchev–Trinajstić information content (AvgIpc) is 2.51. The summed E-state index contributed by atoms with van der Waals surface area (Å²) >= 11 is 0. The lowest BCUT2D eigenvalue weighted by atomic mass is 10.1. The Kier molecular flexibility index (Phi) is 5.10. The summed E-state index contributed by atoms with van der Waals surface area (Å²) in [5.74, 6) is -0.475. The van der Waals surface area contributed by atoms with Gasteiger partial charge in [0.05, 0.1) is 0 Å². The molecule has 0 aromatic heterocycles. The second kappa shape index (κ2) is 7.04. The number of nitrogens with two attached hydrogens (primary N) is 1. The first-order chi connectivity index (χ1) is 10.8. The number of benzene rings is 2. The number of hydrogen-bond acceptors (Lipinski definition) is 3. The Balaban J connectivity index is 2.05. The molecule has 3 N–H and O–H groups in total. The molecule has 0 saturated heterocycles. The number of alkyl halides is 3. The predicted octanol–water partition coefficient (Wildman–Crippen LogP) is 3.27. The second-order valence-electron chi connectivity index (χ2n) is 4.82. The van der Waals surface area contributed by atoms with Crippen LogP contribution in [0.15, 0.2) is 54.6 Å². The summed E-state index contributed by atoms with van der Waals surface area (Å²) in [5.41, 5.74) is 6.62. The molecule has 0 heterocycles. The van der Waals surface area contributed by atoms with Gasteiger partial charge in [-0.2, -0.15) is 13.2 Å². The fourth-order valence-electron chi connectivity index (χ4n) is 1.94. The summed E-state index contributed by atoms with van der Waals surface area (Å²) in [6.07, 6.45) is -4.39. The molecule has 2 aromatic carbocycles. The van der Waals surface area contributed by atoms with Crippen LogP contribution < -0.4 is 15.8 Å². The van der Waals surface area contributed by atoms with Crippen LogP contribution in [0.2, 0.25) is 0 Å². The summed E-state index contributed by atoms with van der Waals surface area (Å²) < 4.78 is 40.9. The third-order valence-corrected chi connectivity index (χ3v) is 2.99. The Morgan fingerprint density at radius 2 is 1.70 bits per heavy atom. The minimum Gasteiger partial charge on any atom is -0.484 e. The van der Waals surface area contributed by atoms with Crippen LogP contribution in [0.1, 0.15) is 11.6 Å². The summed E-state index contributed by atoms with van der Waals surface area (Å²) in [7, 11) is 0. The van der Waals surface area contributed by atoms with E-state index in [1.807, 2.05) is 6.07 Å². The van der Waals surface area contributed by atoms with E-state index >= 15 is 0 Å². The van der Waals surface area contributed by atoms with Gasteiger partial charge in [-0.3, -0.25) is 4.79 Å². The molecule has 0 bridgehead atoms. The number of nitrogens with one attached hydrogen (secondary N) is 1. The number of carbonyl (C=O) groups excluding carboxylic acids is 1. The quantitative estimate of drug-likeness (QED) is 0.857. The molecule has 0 radical (unpaired) electrons.